The molecule has 0 saturated heterocycles. The lowest BCUT2D eigenvalue weighted by Crippen LogP contribution is -2.25. The lowest BCUT2D eigenvalue weighted by atomic mass is 10.3. The van der Waals surface area contributed by atoms with E-state index in [1.165, 1.54) is 0 Å². The van der Waals surface area contributed by atoms with E-state index >= 15 is 0 Å². The van der Waals surface area contributed by atoms with E-state index in [1.54, 1.807) is 25.3 Å². The van der Waals surface area contributed by atoms with Gasteiger partial charge in [-0.1, -0.05) is 0 Å². The van der Waals surface area contributed by atoms with Gasteiger partial charge in [-0.05, 0) is 19.1 Å². The van der Waals surface area contributed by atoms with Crippen LogP contribution in [0.25, 0.3) is 11.0 Å². The smallest absolute Gasteiger partial charge is 0.397 e. The second-order valence-electron chi connectivity index (χ2n) is 3.15. The number of ether oxygens (including phenoxy) is 1. The van der Waals surface area contributed by atoms with E-state index in [9.17, 15) is 9.59 Å². The highest BCUT2D eigenvalue weighted by molar-refractivity contribution is 6.37. The van der Waals surface area contributed by atoms with Crippen molar-refractivity contribution in [3.8, 4) is 0 Å². The molecule has 0 fully saturated rings. The molecule has 0 unspecified atom stereocenters. The lowest BCUT2D eigenvalue weighted by Gasteiger charge is -2.02. The number of aromatic amines is 1. The van der Waals surface area contributed by atoms with E-state index in [2.05, 4.69) is 25.2 Å². The molecule has 2 aromatic rings. The monoisotopic (exact) mass is 234 g/mol. The van der Waals surface area contributed by atoms with Crippen molar-refractivity contribution in [2.45, 2.75) is 6.92 Å². The molecule has 2 heterocycles. The molecular weight excluding hydrogens is 224 g/mol. The number of fused-ring (bicyclic) bond motifs is 1. The summed E-state index contributed by atoms with van der Waals surface area (Å²) in [5.74, 6) is -1.45. The van der Waals surface area contributed by atoms with Crippen molar-refractivity contribution in [1.82, 2.24) is 15.2 Å². The van der Waals surface area contributed by atoms with Crippen molar-refractivity contribution >= 4 is 28.7 Å². The average Bonchev–Trinajstić information content (AvgIpc) is 2.73. The van der Waals surface area contributed by atoms with Crippen molar-refractivity contribution < 1.29 is 14.3 Å². The zero-order valence-electron chi connectivity index (χ0n) is 9.06. The molecule has 0 spiro atoms. The summed E-state index contributed by atoms with van der Waals surface area (Å²) in [6.45, 7) is 1.78. The van der Waals surface area contributed by atoms with Crippen LogP contribution in [0.1, 0.15) is 6.92 Å². The summed E-state index contributed by atoms with van der Waals surface area (Å²) in [7, 11) is 0. The van der Waals surface area contributed by atoms with Gasteiger partial charge in [0.25, 0.3) is 0 Å². The molecule has 17 heavy (non-hydrogen) atoms. The summed E-state index contributed by atoms with van der Waals surface area (Å²) in [5.41, 5.74) is 0.464. The molecule has 0 aliphatic carbocycles. The van der Waals surface area contributed by atoms with Gasteiger partial charge in [0.2, 0.25) is 0 Å². The third-order valence-corrected chi connectivity index (χ3v) is 2.03. The van der Waals surface area contributed by atoms with Gasteiger partial charge in [0.15, 0.2) is 5.65 Å². The van der Waals surface area contributed by atoms with E-state index < -0.39 is 11.9 Å². The fourth-order valence-electron chi connectivity index (χ4n) is 1.31. The molecule has 0 radical (unpaired) electrons. The maximum Gasteiger partial charge on any atom is 0.397 e. The molecule has 7 nitrogen and oxygen atoms in total. The quantitative estimate of drug-likeness (QED) is 0.581. The third-order valence-electron chi connectivity index (χ3n) is 2.03. The molecule has 0 aromatic carbocycles. The Labute approximate surface area is 96.2 Å². The zero-order chi connectivity index (χ0) is 12.3. The Bertz CT molecular complexity index is 563. The lowest BCUT2D eigenvalue weighted by molar-refractivity contribution is -0.152. The fourth-order valence-corrected chi connectivity index (χ4v) is 1.31. The Hall–Kier alpha value is -2.44. The Balaban J connectivity index is 2.19. The summed E-state index contributed by atoms with van der Waals surface area (Å²) in [6, 6.07) is 3.43. The van der Waals surface area contributed by atoms with Gasteiger partial charge in [0, 0.05) is 6.20 Å². The van der Waals surface area contributed by atoms with Crippen molar-refractivity contribution in [3.63, 3.8) is 0 Å². The number of hydrogen-bond donors (Lipinski definition) is 2. The number of carbonyl (C=O) groups is 2. The second kappa shape index (κ2) is 4.60. The molecule has 2 aromatic heterocycles. The number of amides is 1. The maximum absolute atomic E-state index is 11.4. The van der Waals surface area contributed by atoms with Gasteiger partial charge in [-0.3, -0.25) is 9.89 Å². The topological polar surface area (TPSA) is 97.0 Å². The van der Waals surface area contributed by atoms with Crippen LogP contribution in [0.3, 0.4) is 0 Å². The first-order valence-electron chi connectivity index (χ1n) is 4.99. The minimum atomic E-state index is -0.931. The first kappa shape index (κ1) is 11.1. The maximum atomic E-state index is 11.4. The van der Waals surface area contributed by atoms with Gasteiger partial charge in [0.05, 0.1) is 12.0 Å². The van der Waals surface area contributed by atoms with Crippen LogP contribution in [-0.4, -0.2) is 33.7 Å². The highest BCUT2D eigenvalue weighted by atomic mass is 16.5. The van der Waals surface area contributed by atoms with Gasteiger partial charge in [-0.2, -0.15) is 5.10 Å². The highest BCUT2D eigenvalue weighted by Gasteiger charge is 2.17. The Kier molecular flexibility index (Phi) is 2.99. The van der Waals surface area contributed by atoms with E-state index in [1.807, 2.05) is 0 Å². The Morgan fingerprint density at radius 2 is 2.35 bits per heavy atom. The number of pyridine rings is 1. The van der Waals surface area contributed by atoms with Gasteiger partial charge in [-0.15, -0.1) is 0 Å². The summed E-state index contributed by atoms with van der Waals surface area (Å²) < 4.78 is 4.56. The van der Waals surface area contributed by atoms with E-state index in [4.69, 9.17) is 0 Å². The zero-order valence-corrected chi connectivity index (χ0v) is 9.06. The summed E-state index contributed by atoms with van der Waals surface area (Å²) >= 11 is 0. The number of rotatable bonds is 2. The van der Waals surface area contributed by atoms with E-state index in [0.29, 0.717) is 16.9 Å². The first-order chi connectivity index (χ1) is 8.22. The van der Waals surface area contributed by atoms with Gasteiger partial charge in [0.1, 0.15) is 5.82 Å². The molecule has 2 rings (SSSR count). The summed E-state index contributed by atoms with van der Waals surface area (Å²) in [4.78, 5) is 26.5. The molecule has 0 saturated carbocycles. The Morgan fingerprint density at radius 3 is 3.12 bits per heavy atom. The van der Waals surface area contributed by atoms with Gasteiger partial charge in [-0.25, -0.2) is 9.78 Å². The van der Waals surface area contributed by atoms with Crippen LogP contribution in [-0.2, 0) is 14.3 Å². The van der Waals surface area contributed by atoms with Crippen LogP contribution in [0.5, 0.6) is 0 Å². The summed E-state index contributed by atoms with van der Waals surface area (Å²) in [6.07, 6.45) is 1.58. The second-order valence-corrected chi connectivity index (χ2v) is 3.15. The molecule has 0 aliphatic heterocycles. The van der Waals surface area contributed by atoms with Crippen LogP contribution in [0.15, 0.2) is 18.3 Å². The molecule has 1 amide bonds. The molecule has 88 valence electrons. The first-order valence-corrected chi connectivity index (χ1v) is 4.99. The third kappa shape index (κ3) is 2.22. The van der Waals surface area contributed by atoms with Gasteiger partial charge >= 0.3 is 11.9 Å². The molecule has 0 aliphatic rings. The summed E-state index contributed by atoms with van der Waals surface area (Å²) in [5, 5.41) is 9.47. The van der Waals surface area contributed by atoms with Crippen LogP contribution in [0, 0.1) is 0 Å². The van der Waals surface area contributed by atoms with Crippen molar-refractivity contribution in [3.05, 3.63) is 18.3 Å². The van der Waals surface area contributed by atoms with Crippen molar-refractivity contribution in [2.75, 3.05) is 11.9 Å². The number of carbonyl (C=O) groups excluding carboxylic acids is 2. The predicted octanol–water partition coefficient (Wildman–Crippen LogP) is 0.459. The minimum Gasteiger partial charge on any atom is -0.459 e. The Morgan fingerprint density at radius 1 is 1.53 bits per heavy atom. The molecule has 0 bridgehead atoms. The largest absolute Gasteiger partial charge is 0.459 e. The predicted molar refractivity (Wildman–Crippen MR) is 59.2 cm³/mol. The SMILES string of the molecule is CCOC(=O)C(=O)Nc1[nH]nc2ncccc12. The number of nitrogens with one attached hydrogen (secondary N) is 2. The van der Waals surface area contributed by atoms with Crippen molar-refractivity contribution in [1.29, 1.82) is 0 Å². The number of anilines is 1. The molecule has 2 N–H and O–H groups in total. The van der Waals surface area contributed by atoms with Crippen LogP contribution < -0.4 is 5.32 Å². The highest BCUT2D eigenvalue weighted by Crippen LogP contribution is 2.17. The molecule has 7 heteroatoms. The normalized spacial score (nSPS) is 10.2. The number of aromatic nitrogens is 3. The van der Waals surface area contributed by atoms with E-state index in [0.717, 1.165) is 0 Å². The number of nitrogens with zero attached hydrogens (tertiary/aromatic N) is 2. The fraction of sp³-hybridized carbons (Fsp3) is 0.200. The van der Waals surface area contributed by atoms with Crippen LogP contribution in [0.4, 0.5) is 5.82 Å². The van der Waals surface area contributed by atoms with Crippen molar-refractivity contribution in [2.24, 2.45) is 0 Å². The standard InChI is InChI=1S/C10H10N4O3/c1-2-17-10(16)9(15)12-8-6-4-3-5-11-7(6)13-14-8/h3-5H,2H2,1H3,(H2,11,12,13,14,15). The molecular formula is C10H10N4O3. The number of H-pyrrole nitrogens is 1. The van der Waals surface area contributed by atoms with Crippen LogP contribution in [0.2, 0.25) is 0 Å². The molecule has 0 atom stereocenters. The van der Waals surface area contributed by atoms with E-state index in [-0.39, 0.29) is 6.61 Å². The van der Waals surface area contributed by atoms with Crippen LogP contribution >= 0.6 is 0 Å². The van der Waals surface area contributed by atoms with Gasteiger partial charge < -0.3 is 10.1 Å². The number of esters is 1. The average molecular weight is 234 g/mol. The minimum absolute atomic E-state index is 0.150. The number of hydrogen-bond acceptors (Lipinski definition) is 5.